The number of carbonyl (C=O) groups is 2. The van der Waals surface area contributed by atoms with E-state index in [1.54, 1.807) is 18.7 Å². The van der Waals surface area contributed by atoms with Crippen LogP contribution in [0.2, 0.25) is 0 Å². The van der Waals surface area contributed by atoms with Gasteiger partial charge in [-0.3, -0.25) is 9.59 Å². The Bertz CT molecular complexity index is 460. The Labute approximate surface area is 124 Å². The van der Waals surface area contributed by atoms with Crippen molar-refractivity contribution >= 4 is 23.4 Å². The Hall–Kier alpha value is -1.55. The summed E-state index contributed by atoms with van der Waals surface area (Å²) < 4.78 is 0. The van der Waals surface area contributed by atoms with Gasteiger partial charge in [-0.05, 0) is 19.4 Å². The zero-order chi connectivity index (χ0) is 15.2. The Balaban J connectivity index is 2.85. The van der Waals surface area contributed by atoms with Gasteiger partial charge in [-0.1, -0.05) is 30.3 Å². The van der Waals surface area contributed by atoms with Crippen molar-refractivity contribution in [3.05, 3.63) is 35.9 Å². The quantitative estimate of drug-likeness (QED) is 0.784. The lowest BCUT2D eigenvalue weighted by Crippen LogP contribution is -2.42. The monoisotopic (exact) mass is 296 g/mol. The summed E-state index contributed by atoms with van der Waals surface area (Å²) in [4.78, 5) is 25.1. The lowest BCUT2D eigenvalue weighted by molar-refractivity contribution is -0.140. The third kappa shape index (κ3) is 4.85. The highest BCUT2D eigenvalue weighted by atomic mass is 35.5. The fourth-order valence-electron chi connectivity index (χ4n) is 1.79. The molecule has 1 rings (SSSR count). The molecular weight excluding hydrogens is 276 g/mol. The summed E-state index contributed by atoms with van der Waals surface area (Å²) in [6.07, 6.45) is 0.150. The maximum absolute atomic E-state index is 12.5. The van der Waals surface area contributed by atoms with E-state index >= 15 is 0 Å². The Morgan fingerprint density at radius 1 is 1.25 bits per heavy atom. The fourth-order valence-corrected chi connectivity index (χ4v) is 1.90. The first-order valence-corrected chi connectivity index (χ1v) is 7.08. The minimum absolute atomic E-state index is 0.0717. The van der Waals surface area contributed by atoms with Gasteiger partial charge in [-0.15, -0.1) is 11.6 Å². The number of amides is 2. The maximum Gasteiger partial charge on any atom is 0.229 e. The smallest absolute Gasteiger partial charge is 0.229 e. The van der Waals surface area contributed by atoms with Gasteiger partial charge in [0, 0.05) is 25.4 Å². The van der Waals surface area contributed by atoms with E-state index in [1.165, 1.54) is 0 Å². The van der Waals surface area contributed by atoms with Gasteiger partial charge in [0.05, 0.1) is 5.41 Å². The van der Waals surface area contributed by atoms with Gasteiger partial charge in [-0.25, -0.2) is 0 Å². The minimum Gasteiger partial charge on any atom is -0.370 e. The second kappa shape index (κ2) is 7.29. The molecule has 1 aromatic rings. The zero-order valence-corrected chi connectivity index (χ0v) is 12.7. The lowest BCUT2D eigenvalue weighted by atomic mass is 9.94. The number of rotatable bonds is 7. The van der Waals surface area contributed by atoms with Crippen LogP contribution in [-0.4, -0.2) is 29.1 Å². The van der Waals surface area contributed by atoms with Crippen molar-refractivity contribution in [3.63, 3.8) is 0 Å². The molecule has 110 valence electrons. The second-order valence-corrected chi connectivity index (χ2v) is 5.71. The molecule has 0 unspecified atom stereocenters. The van der Waals surface area contributed by atoms with E-state index in [0.717, 1.165) is 5.56 Å². The van der Waals surface area contributed by atoms with Crippen LogP contribution >= 0.6 is 11.6 Å². The molecule has 0 spiro atoms. The van der Waals surface area contributed by atoms with Crippen molar-refractivity contribution < 1.29 is 9.59 Å². The van der Waals surface area contributed by atoms with E-state index < -0.39 is 11.3 Å². The summed E-state index contributed by atoms with van der Waals surface area (Å²) in [6, 6.07) is 9.63. The molecule has 2 N–H and O–H groups in total. The molecule has 0 aliphatic carbocycles. The molecule has 0 bridgehead atoms. The molecule has 4 nitrogen and oxygen atoms in total. The van der Waals surface area contributed by atoms with Crippen molar-refractivity contribution in [2.45, 2.75) is 26.8 Å². The van der Waals surface area contributed by atoms with Gasteiger partial charge >= 0.3 is 0 Å². The third-order valence-corrected chi connectivity index (χ3v) is 3.71. The van der Waals surface area contributed by atoms with Gasteiger partial charge in [0.1, 0.15) is 0 Å². The van der Waals surface area contributed by atoms with Crippen LogP contribution in [-0.2, 0) is 16.1 Å². The molecule has 0 aliphatic heterocycles. The molecule has 2 amide bonds. The summed E-state index contributed by atoms with van der Waals surface area (Å²) in [5.74, 6) is -0.259. The lowest BCUT2D eigenvalue weighted by Gasteiger charge is -2.30. The number of nitrogens with zero attached hydrogens (tertiary/aromatic N) is 1. The van der Waals surface area contributed by atoms with E-state index in [-0.39, 0.29) is 18.2 Å². The van der Waals surface area contributed by atoms with Gasteiger partial charge in [0.25, 0.3) is 0 Å². The topological polar surface area (TPSA) is 63.4 Å². The minimum atomic E-state index is -0.659. The molecule has 0 aliphatic rings. The van der Waals surface area contributed by atoms with Gasteiger partial charge in [0.2, 0.25) is 11.8 Å². The number of primary amides is 1. The molecule has 0 radical (unpaired) electrons. The van der Waals surface area contributed by atoms with Crippen LogP contribution in [0.5, 0.6) is 0 Å². The molecule has 1 aromatic carbocycles. The standard InChI is InChI=1S/C15H21ClN2O2/c1-15(2,11-16)14(20)18(9-8-13(17)19)10-12-6-4-3-5-7-12/h3-7H,8-11H2,1-2H3,(H2,17,19). The van der Waals surface area contributed by atoms with E-state index in [4.69, 9.17) is 17.3 Å². The largest absolute Gasteiger partial charge is 0.370 e. The van der Waals surface area contributed by atoms with E-state index in [0.29, 0.717) is 13.1 Å². The van der Waals surface area contributed by atoms with Crippen LogP contribution in [0.15, 0.2) is 30.3 Å². The van der Waals surface area contributed by atoms with Crippen LogP contribution in [0, 0.1) is 5.41 Å². The number of hydrogen-bond acceptors (Lipinski definition) is 2. The average molecular weight is 297 g/mol. The van der Waals surface area contributed by atoms with Crippen molar-refractivity contribution in [3.8, 4) is 0 Å². The zero-order valence-electron chi connectivity index (χ0n) is 11.9. The van der Waals surface area contributed by atoms with E-state index in [1.807, 2.05) is 30.3 Å². The summed E-state index contributed by atoms with van der Waals surface area (Å²) in [7, 11) is 0. The molecule has 0 saturated heterocycles. The molecule has 0 aromatic heterocycles. The van der Waals surface area contributed by atoms with Gasteiger partial charge in [0.15, 0.2) is 0 Å². The first-order chi connectivity index (χ1) is 9.36. The Kier molecular flexibility index (Phi) is 6.02. The highest BCUT2D eigenvalue weighted by molar-refractivity contribution is 6.19. The van der Waals surface area contributed by atoms with E-state index in [9.17, 15) is 9.59 Å². The van der Waals surface area contributed by atoms with Crippen molar-refractivity contribution in [2.24, 2.45) is 11.1 Å². The Morgan fingerprint density at radius 2 is 1.85 bits per heavy atom. The molecule has 0 fully saturated rings. The van der Waals surface area contributed by atoms with Crippen molar-refractivity contribution in [1.29, 1.82) is 0 Å². The molecule has 0 saturated carbocycles. The number of halogens is 1. The average Bonchev–Trinajstić information content (AvgIpc) is 2.43. The number of carbonyl (C=O) groups excluding carboxylic acids is 2. The van der Waals surface area contributed by atoms with Crippen LogP contribution in [0.3, 0.4) is 0 Å². The maximum atomic E-state index is 12.5. The Morgan fingerprint density at radius 3 is 2.35 bits per heavy atom. The van der Waals surface area contributed by atoms with Crippen molar-refractivity contribution in [1.82, 2.24) is 4.90 Å². The molecule has 5 heteroatoms. The first kappa shape index (κ1) is 16.5. The van der Waals surface area contributed by atoms with Gasteiger partial charge < -0.3 is 10.6 Å². The predicted octanol–water partition coefficient (Wildman–Crippen LogP) is 2.16. The normalized spacial score (nSPS) is 11.2. The van der Waals surface area contributed by atoms with Crippen LogP contribution in [0.25, 0.3) is 0 Å². The van der Waals surface area contributed by atoms with E-state index in [2.05, 4.69) is 0 Å². The summed E-state index contributed by atoms with van der Waals surface area (Å²) in [5, 5.41) is 0. The van der Waals surface area contributed by atoms with Crippen LogP contribution in [0.1, 0.15) is 25.8 Å². The highest BCUT2D eigenvalue weighted by Crippen LogP contribution is 2.22. The SMILES string of the molecule is CC(C)(CCl)C(=O)N(CCC(N)=O)Cc1ccccc1. The number of hydrogen-bond donors (Lipinski definition) is 1. The number of alkyl halides is 1. The molecule has 0 atom stereocenters. The predicted molar refractivity (Wildman–Crippen MR) is 80.2 cm³/mol. The molecule has 20 heavy (non-hydrogen) atoms. The fraction of sp³-hybridized carbons (Fsp3) is 0.467. The summed E-state index contributed by atoms with van der Waals surface area (Å²) >= 11 is 5.86. The van der Waals surface area contributed by atoms with Crippen LogP contribution < -0.4 is 5.73 Å². The molecule has 0 heterocycles. The van der Waals surface area contributed by atoms with Crippen molar-refractivity contribution in [2.75, 3.05) is 12.4 Å². The summed E-state index contributed by atoms with van der Waals surface area (Å²) in [5.41, 5.74) is 5.52. The number of benzene rings is 1. The van der Waals surface area contributed by atoms with Crippen LogP contribution in [0.4, 0.5) is 0 Å². The second-order valence-electron chi connectivity index (χ2n) is 5.45. The number of nitrogens with two attached hydrogens (primary N) is 1. The highest BCUT2D eigenvalue weighted by Gasteiger charge is 2.31. The first-order valence-electron chi connectivity index (χ1n) is 6.54. The summed E-state index contributed by atoms with van der Waals surface area (Å²) in [6.45, 7) is 4.35. The van der Waals surface area contributed by atoms with Gasteiger partial charge in [-0.2, -0.15) is 0 Å². The third-order valence-electron chi connectivity index (χ3n) is 3.04. The molecular formula is C15H21ClN2O2.